The minimum absolute atomic E-state index is 0.0420. The Labute approximate surface area is 207 Å². The van der Waals surface area contributed by atoms with E-state index in [9.17, 15) is 9.59 Å². The number of hydrogen-bond donors (Lipinski definition) is 1. The molecule has 1 atom stereocenters. The molecule has 2 aliphatic rings. The van der Waals surface area contributed by atoms with Gasteiger partial charge in [-0.05, 0) is 36.8 Å². The Morgan fingerprint density at radius 3 is 2.86 bits per heavy atom. The fourth-order valence-electron chi connectivity index (χ4n) is 4.27. The molecule has 0 radical (unpaired) electrons. The number of amides is 2. The second-order valence-electron chi connectivity index (χ2n) is 8.40. The molecule has 9 heteroatoms. The van der Waals surface area contributed by atoms with Crippen LogP contribution in [0.1, 0.15) is 28.2 Å². The molecule has 5 rings (SSSR count). The van der Waals surface area contributed by atoms with Gasteiger partial charge in [-0.2, -0.15) is 0 Å². The van der Waals surface area contributed by atoms with Crippen LogP contribution in [0.3, 0.4) is 0 Å². The lowest BCUT2D eigenvalue weighted by atomic mass is 10.1. The highest BCUT2D eigenvalue weighted by Crippen LogP contribution is 2.35. The highest BCUT2D eigenvalue weighted by atomic mass is 35.5. The third-order valence-electron chi connectivity index (χ3n) is 6.12. The summed E-state index contributed by atoms with van der Waals surface area (Å²) >= 11 is 6.22. The molecule has 2 aliphatic heterocycles. The van der Waals surface area contributed by atoms with Gasteiger partial charge in [0.25, 0.3) is 5.91 Å². The number of imidazole rings is 1. The van der Waals surface area contributed by atoms with Crippen molar-refractivity contribution in [1.82, 2.24) is 14.5 Å². The van der Waals surface area contributed by atoms with Gasteiger partial charge in [-0.15, -0.1) is 0 Å². The molecule has 1 saturated heterocycles. The monoisotopic (exact) mass is 490 g/mol. The number of hydrogen-bond acceptors (Lipinski definition) is 5. The molecule has 3 aromatic rings. The SMILES string of the molecule is CN1CCC(C#Cc2ccc3c(c2)-c2nc(C(N)=O)c(COc4ccccc4Cl)n2CCO3)C1=O. The maximum absolute atomic E-state index is 12.3. The fourth-order valence-corrected chi connectivity index (χ4v) is 4.46. The van der Waals surface area contributed by atoms with Crippen molar-refractivity contribution in [2.75, 3.05) is 20.2 Å². The van der Waals surface area contributed by atoms with Gasteiger partial charge in [0.05, 0.1) is 22.8 Å². The van der Waals surface area contributed by atoms with Crippen molar-refractivity contribution in [2.24, 2.45) is 11.7 Å². The number of aromatic nitrogens is 2. The first-order valence-corrected chi connectivity index (χ1v) is 11.6. The summed E-state index contributed by atoms with van der Waals surface area (Å²) in [6, 6.07) is 12.6. The number of fused-ring (bicyclic) bond motifs is 3. The lowest BCUT2D eigenvalue weighted by Crippen LogP contribution is -2.21. The van der Waals surface area contributed by atoms with Crippen molar-refractivity contribution < 1.29 is 19.1 Å². The lowest BCUT2D eigenvalue weighted by Gasteiger charge is -2.12. The second kappa shape index (κ2) is 9.35. The number of halogens is 1. The third-order valence-corrected chi connectivity index (χ3v) is 6.43. The van der Waals surface area contributed by atoms with Gasteiger partial charge in [0.1, 0.15) is 36.5 Å². The van der Waals surface area contributed by atoms with Gasteiger partial charge in [0, 0.05) is 19.2 Å². The van der Waals surface area contributed by atoms with E-state index in [-0.39, 0.29) is 24.1 Å². The van der Waals surface area contributed by atoms with E-state index in [2.05, 4.69) is 16.8 Å². The first-order valence-electron chi connectivity index (χ1n) is 11.2. The van der Waals surface area contributed by atoms with Gasteiger partial charge in [0.2, 0.25) is 5.91 Å². The van der Waals surface area contributed by atoms with E-state index in [0.29, 0.717) is 53.3 Å². The standard InChI is InChI=1S/C26H23ClN4O4/c1-30-11-10-17(26(30)33)8-6-16-7-9-21-18(14-16)25-29-23(24(28)32)20(31(25)12-13-34-21)15-35-22-5-3-2-4-19(22)27/h2-5,7,9,14,17H,10-13,15H2,1H3,(H2,28,32). The summed E-state index contributed by atoms with van der Waals surface area (Å²) < 4.78 is 13.7. The maximum Gasteiger partial charge on any atom is 0.269 e. The summed E-state index contributed by atoms with van der Waals surface area (Å²) in [4.78, 5) is 30.7. The van der Waals surface area contributed by atoms with Crippen molar-refractivity contribution in [2.45, 2.75) is 19.6 Å². The number of rotatable bonds is 4. The van der Waals surface area contributed by atoms with Crippen molar-refractivity contribution >= 4 is 23.4 Å². The summed E-state index contributed by atoms with van der Waals surface area (Å²) in [6.07, 6.45) is 0.720. The normalized spacial score (nSPS) is 16.5. The number of para-hydroxylation sites is 1. The highest BCUT2D eigenvalue weighted by molar-refractivity contribution is 6.32. The molecule has 0 saturated carbocycles. The third kappa shape index (κ3) is 4.43. The van der Waals surface area contributed by atoms with Crippen LogP contribution in [0.25, 0.3) is 11.4 Å². The van der Waals surface area contributed by atoms with E-state index in [1.54, 1.807) is 24.1 Å². The number of benzene rings is 2. The Morgan fingerprint density at radius 2 is 2.11 bits per heavy atom. The molecule has 1 fully saturated rings. The minimum Gasteiger partial charge on any atom is -0.491 e. The molecule has 1 unspecified atom stereocenters. The van der Waals surface area contributed by atoms with E-state index in [0.717, 1.165) is 12.0 Å². The largest absolute Gasteiger partial charge is 0.491 e. The average Bonchev–Trinajstić information content (AvgIpc) is 3.31. The fraction of sp³-hybridized carbons (Fsp3) is 0.269. The maximum atomic E-state index is 12.3. The number of nitrogens with zero attached hydrogens (tertiary/aromatic N) is 3. The minimum atomic E-state index is -0.648. The molecule has 0 aliphatic carbocycles. The van der Waals surface area contributed by atoms with Crippen LogP contribution in [0.2, 0.25) is 5.02 Å². The summed E-state index contributed by atoms with van der Waals surface area (Å²) in [5.74, 6) is 6.97. The molecular weight excluding hydrogens is 468 g/mol. The molecule has 2 N–H and O–H groups in total. The predicted molar refractivity (Wildman–Crippen MR) is 130 cm³/mol. The Kier molecular flexibility index (Phi) is 6.10. The molecule has 178 valence electrons. The molecule has 2 amide bonds. The Balaban J connectivity index is 1.51. The van der Waals surface area contributed by atoms with E-state index in [1.165, 1.54) is 0 Å². The molecule has 0 bridgehead atoms. The molecule has 2 aromatic carbocycles. The van der Waals surface area contributed by atoms with Gasteiger partial charge in [0.15, 0.2) is 5.69 Å². The van der Waals surface area contributed by atoms with Crippen LogP contribution in [0.5, 0.6) is 11.5 Å². The van der Waals surface area contributed by atoms with Gasteiger partial charge in [-0.3, -0.25) is 9.59 Å². The van der Waals surface area contributed by atoms with Crippen molar-refractivity contribution in [3.8, 4) is 34.7 Å². The summed E-state index contributed by atoms with van der Waals surface area (Å²) in [5, 5.41) is 0.465. The molecule has 1 aromatic heterocycles. The van der Waals surface area contributed by atoms with Gasteiger partial charge < -0.3 is 24.7 Å². The van der Waals surface area contributed by atoms with Crippen molar-refractivity contribution in [3.63, 3.8) is 0 Å². The number of primary amides is 1. The zero-order valence-electron chi connectivity index (χ0n) is 19.1. The van der Waals surface area contributed by atoms with Crippen LogP contribution in [0, 0.1) is 17.8 Å². The van der Waals surface area contributed by atoms with Crippen LogP contribution in [0.4, 0.5) is 0 Å². The molecule has 0 spiro atoms. The number of carbonyl (C=O) groups excluding carboxylic acids is 2. The molecule has 8 nitrogen and oxygen atoms in total. The second-order valence-corrected chi connectivity index (χ2v) is 8.80. The van der Waals surface area contributed by atoms with Crippen LogP contribution >= 0.6 is 11.6 Å². The van der Waals surface area contributed by atoms with Crippen LogP contribution in [-0.4, -0.2) is 46.5 Å². The van der Waals surface area contributed by atoms with Crippen LogP contribution in [0.15, 0.2) is 42.5 Å². The first kappa shape index (κ1) is 22.8. The van der Waals surface area contributed by atoms with E-state index in [4.69, 9.17) is 26.8 Å². The number of likely N-dealkylation sites (tertiary alicyclic amines) is 1. The van der Waals surface area contributed by atoms with Gasteiger partial charge in [-0.1, -0.05) is 35.6 Å². The topological polar surface area (TPSA) is 99.7 Å². The van der Waals surface area contributed by atoms with E-state index >= 15 is 0 Å². The average molecular weight is 491 g/mol. The predicted octanol–water partition coefficient (Wildman–Crippen LogP) is 3.10. The first-order chi connectivity index (χ1) is 16.9. The number of carbonyl (C=O) groups is 2. The van der Waals surface area contributed by atoms with Gasteiger partial charge in [-0.25, -0.2) is 4.98 Å². The smallest absolute Gasteiger partial charge is 0.269 e. The molecule has 35 heavy (non-hydrogen) atoms. The summed E-state index contributed by atoms with van der Waals surface area (Å²) in [6.45, 7) is 1.60. The zero-order chi connectivity index (χ0) is 24.5. The Bertz CT molecular complexity index is 1390. The summed E-state index contributed by atoms with van der Waals surface area (Å²) in [7, 11) is 1.78. The zero-order valence-corrected chi connectivity index (χ0v) is 19.8. The highest BCUT2D eigenvalue weighted by Gasteiger charge is 2.28. The lowest BCUT2D eigenvalue weighted by molar-refractivity contribution is -0.128. The quantitative estimate of drug-likeness (QED) is 0.566. The van der Waals surface area contributed by atoms with Crippen LogP contribution < -0.4 is 15.2 Å². The molecule has 3 heterocycles. The molecular formula is C26H23ClN4O4. The van der Waals surface area contributed by atoms with Crippen molar-refractivity contribution in [3.05, 3.63) is 64.4 Å². The number of ether oxygens (including phenoxy) is 2. The van der Waals surface area contributed by atoms with E-state index < -0.39 is 5.91 Å². The van der Waals surface area contributed by atoms with Gasteiger partial charge >= 0.3 is 0 Å². The van der Waals surface area contributed by atoms with Crippen molar-refractivity contribution in [1.29, 1.82) is 0 Å². The Hall–Kier alpha value is -3.96. The number of nitrogens with two attached hydrogens (primary N) is 1. The van der Waals surface area contributed by atoms with Crippen LogP contribution in [-0.2, 0) is 17.9 Å². The summed E-state index contributed by atoms with van der Waals surface area (Å²) in [5.41, 5.74) is 7.76. The Morgan fingerprint density at radius 1 is 1.29 bits per heavy atom. The van der Waals surface area contributed by atoms with E-state index in [1.807, 2.05) is 34.9 Å².